The molecule has 2 heterocycles. The minimum Gasteiger partial charge on any atom is -0.379 e. The number of benzene rings is 2. The molecule has 2 atom stereocenters. The molecule has 6 heteroatoms. The highest BCUT2D eigenvalue weighted by atomic mass is 16.5. The second-order valence-electron chi connectivity index (χ2n) is 8.11. The van der Waals surface area contributed by atoms with Gasteiger partial charge in [0.15, 0.2) is 0 Å². The molecule has 158 valence electrons. The quantitative estimate of drug-likeness (QED) is 0.800. The van der Waals surface area contributed by atoms with Crippen LogP contribution in [-0.4, -0.2) is 60.5 Å². The number of rotatable bonds is 6. The number of hydrogen-bond donors (Lipinski definition) is 1. The first kappa shape index (κ1) is 20.6. The number of fused-ring (bicyclic) bond motifs is 1. The number of para-hydroxylation sites is 1. The zero-order chi connectivity index (χ0) is 20.9. The van der Waals surface area contributed by atoms with Gasteiger partial charge in [0.1, 0.15) is 0 Å². The smallest absolute Gasteiger partial charge is 0.231 e. The summed E-state index contributed by atoms with van der Waals surface area (Å²) in [7, 11) is 0. The molecule has 2 aromatic rings. The highest BCUT2D eigenvalue weighted by Gasteiger charge is 2.35. The summed E-state index contributed by atoms with van der Waals surface area (Å²) in [6.45, 7) is 6.66. The van der Waals surface area contributed by atoms with Gasteiger partial charge in [0.2, 0.25) is 11.8 Å². The van der Waals surface area contributed by atoms with Crippen LogP contribution in [0.2, 0.25) is 0 Å². The van der Waals surface area contributed by atoms with E-state index in [0.29, 0.717) is 6.54 Å². The van der Waals surface area contributed by atoms with Crippen LogP contribution < -0.4 is 5.32 Å². The van der Waals surface area contributed by atoms with Gasteiger partial charge in [-0.3, -0.25) is 14.5 Å². The van der Waals surface area contributed by atoms with E-state index >= 15 is 0 Å². The van der Waals surface area contributed by atoms with Crippen molar-refractivity contribution in [2.45, 2.75) is 31.8 Å². The molecule has 0 aromatic heterocycles. The van der Waals surface area contributed by atoms with Crippen molar-refractivity contribution >= 4 is 17.5 Å². The van der Waals surface area contributed by atoms with E-state index in [1.807, 2.05) is 59.5 Å². The lowest BCUT2D eigenvalue weighted by Gasteiger charge is -2.37. The van der Waals surface area contributed by atoms with E-state index in [2.05, 4.69) is 17.1 Å². The van der Waals surface area contributed by atoms with Gasteiger partial charge in [-0.15, -0.1) is 0 Å². The third kappa shape index (κ3) is 4.71. The van der Waals surface area contributed by atoms with Crippen LogP contribution in [0.25, 0.3) is 0 Å². The van der Waals surface area contributed by atoms with Gasteiger partial charge in [-0.1, -0.05) is 48.5 Å². The van der Waals surface area contributed by atoms with Crippen LogP contribution in [0, 0.1) is 0 Å². The number of anilines is 1. The zero-order valence-electron chi connectivity index (χ0n) is 17.4. The Labute approximate surface area is 177 Å². The van der Waals surface area contributed by atoms with Gasteiger partial charge in [-0.05, 0) is 24.1 Å². The summed E-state index contributed by atoms with van der Waals surface area (Å²) >= 11 is 0. The third-order valence-corrected chi connectivity index (χ3v) is 5.93. The highest BCUT2D eigenvalue weighted by molar-refractivity contribution is 6.01. The Hall–Kier alpha value is -2.70. The summed E-state index contributed by atoms with van der Waals surface area (Å²) in [5.74, 6) is -0.541. The molecule has 30 heavy (non-hydrogen) atoms. The summed E-state index contributed by atoms with van der Waals surface area (Å²) in [5, 5.41) is 2.90. The number of nitrogens with one attached hydrogen (secondary N) is 1. The van der Waals surface area contributed by atoms with Crippen LogP contribution in [0.5, 0.6) is 0 Å². The zero-order valence-corrected chi connectivity index (χ0v) is 17.4. The van der Waals surface area contributed by atoms with E-state index in [1.54, 1.807) is 0 Å². The maximum atomic E-state index is 13.8. The Bertz CT molecular complexity index is 880. The second kappa shape index (κ2) is 9.41. The predicted octanol–water partition coefficient (Wildman–Crippen LogP) is 2.86. The summed E-state index contributed by atoms with van der Waals surface area (Å²) in [4.78, 5) is 30.4. The summed E-state index contributed by atoms with van der Waals surface area (Å²) < 4.78 is 5.46. The fourth-order valence-electron chi connectivity index (χ4n) is 4.32. The third-order valence-electron chi connectivity index (χ3n) is 5.93. The van der Waals surface area contributed by atoms with Crippen molar-refractivity contribution in [3.8, 4) is 0 Å². The first-order valence-corrected chi connectivity index (χ1v) is 10.6. The first-order chi connectivity index (χ1) is 14.6. The molecular formula is C24H29N3O3. The van der Waals surface area contributed by atoms with Crippen molar-refractivity contribution < 1.29 is 14.3 Å². The summed E-state index contributed by atoms with van der Waals surface area (Å²) in [6.07, 6.45) is 0.186. The Morgan fingerprint density at radius 1 is 1.13 bits per heavy atom. The molecule has 6 nitrogen and oxygen atoms in total. The van der Waals surface area contributed by atoms with Crippen LogP contribution >= 0.6 is 0 Å². The van der Waals surface area contributed by atoms with Crippen LogP contribution in [0.3, 0.4) is 0 Å². The minimum absolute atomic E-state index is 0.0157. The lowest BCUT2D eigenvalue weighted by molar-refractivity contribution is -0.138. The van der Waals surface area contributed by atoms with E-state index in [4.69, 9.17) is 4.74 Å². The van der Waals surface area contributed by atoms with Crippen molar-refractivity contribution in [3.05, 3.63) is 65.7 Å². The lowest BCUT2D eigenvalue weighted by Crippen LogP contribution is -2.49. The van der Waals surface area contributed by atoms with Crippen LogP contribution in [0.1, 0.15) is 30.4 Å². The van der Waals surface area contributed by atoms with Gasteiger partial charge in [-0.2, -0.15) is 0 Å². The number of amides is 2. The standard InChI is InChI=1S/C24H29N3O3/c1-18(16-26-11-13-30-14-12-26)27(17-19-7-3-2-4-8-19)24(29)21-15-23(28)25-22-10-6-5-9-20(21)22/h2-10,18,21H,11-17H2,1H3,(H,25,28). The average molecular weight is 408 g/mol. The number of carbonyl (C=O) groups is 2. The highest BCUT2D eigenvalue weighted by Crippen LogP contribution is 2.34. The minimum atomic E-state index is -0.453. The Morgan fingerprint density at radius 2 is 1.83 bits per heavy atom. The topological polar surface area (TPSA) is 61.9 Å². The van der Waals surface area contributed by atoms with Gasteiger partial charge < -0.3 is 15.0 Å². The monoisotopic (exact) mass is 407 g/mol. The fourth-order valence-corrected chi connectivity index (χ4v) is 4.32. The Morgan fingerprint density at radius 3 is 2.60 bits per heavy atom. The van der Waals surface area contributed by atoms with E-state index in [1.165, 1.54) is 0 Å². The van der Waals surface area contributed by atoms with E-state index in [9.17, 15) is 9.59 Å². The molecule has 0 radical (unpaired) electrons. The number of nitrogens with zero attached hydrogens (tertiary/aromatic N) is 2. The van der Waals surface area contributed by atoms with E-state index < -0.39 is 5.92 Å². The van der Waals surface area contributed by atoms with Gasteiger partial charge in [0.05, 0.1) is 19.1 Å². The Balaban J connectivity index is 1.59. The number of hydrogen-bond acceptors (Lipinski definition) is 4. The maximum absolute atomic E-state index is 13.8. The van der Waals surface area contributed by atoms with E-state index in [-0.39, 0.29) is 24.3 Å². The normalized spacial score (nSPS) is 20.2. The molecule has 0 aliphatic carbocycles. The van der Waals surface area contributed by atoms with E-state index in [0.717, 1.165) is 49.7 Å². The van der Waals surface area contributed by atoms with Crippen molar-refractivity contribution in [1.29, 1.82) is 0 Å². The first-order valence-electron chi connectivity index (χ1n) is 10.6. The van der Waals surface area contributed by atoms with Crippen LogP contribution in [0.4, 0.5) is 5.69 Å². The Kier molecular flexibility index (Phi) is 6.45. The molecule has 2 aliphatic rings. The molecule has 2 unspecified atom stereocenters. The van der Waals surface area contributed by atoms with Gasteiger partial charge in [0, 0.05) is 44.3 Å². The molecule has 0 spiro atoms. The molecule has 2 aromatic carbocycles. The molecule has 2 amide bonds. The van der Waals surface area contributed by atoms with Gasteiger partial charge in [-0.25, -0.2) is 0 Å². The largest absolute Gasteiger partial charge is 0.379 e. The molecule has 0 saturated carbocycles. The summed E-state index contributed by atoms with van der Waals surface area (Å²) in [6, 6.07) is 17.7. The molecular weight excluding hydrogens is 378 g/mol. The SMILES string of the molecule is CC(CN1CCOCC1)N(Cc1ccccc1)C(=O)C1CC(=O)Nc2ccccc21. The van der Waals surface area contributed by atoms with Crippen molar-refractivity contribution in [2.24, 2.45) is 0 Å². The van der Waals surface area contributed by atoms with Gasteiger partial charge >= 0.3 is 0 Å². The lowest BCUT2D eigenvalue weighted by atomic mass is 9.88. The van der Waals surface area contributed by atoms with Crippen molar-refractivity contribution in [3.63, 3.8) is 0 Å². The van der Waals surface area contributed by atoms with Crippen LogP contribution in [0.15, 0.2) is 54.6 Å². The van der Waals surface area contributed by atoms with Crippen molar-refractivity contribution in [2.75, 3.05) is 38.2 Å². The number of ether oxygens (including phenoxy) is 1. The summed E-state index contributed by atoms with van der Waals surface area (Å²) in [5.41, 5.74) is 2.74. The average Bonchev–Trinajstić information content (AvgIpc) is 2.77. The molecule has 1 N–H and O–H groups in total. The second-order valence-corrected chi connectivity index (χ2v) is 8.11. The molecule has 0 bridgehead atoms. The molecule has 2 aliphatic heterocycles. The van der Waals surface area contributed by atoms with Crippen molar-refractivity contribution in [1.82, 2.24) is 9.80 Å². The maximum Gasteiger partial charge on any atom is 0.231 e. The molecule has 1 fully saturated rings. The van der Waals surface area contributed by atoms with Crippen LogP contribution in [-0.2, 0) is 20.9 Å². The number of morpholine rings is 1. The molecule has 1 saturated heterocycles. The van der Waals surface area contributed by atoms with Gasteiger partial charge in [0.25, 0.3) is 0 Å². The number of carbonyl (C=O) groups excluding carboxylic acids is 2. The predicted molar refractivity (Wildman–Crippen MR) is 116 cm³/mol. The molecule has 4 rings (SSSR count). The fraction of sp³-hybridized carbons (Fsp3) is 0.417.